The lowest BCUT2D eigenvalue weighted by Crippen LogP contribution is -2.10. The zero-order chi connectivity index (χ0) is 11.9. The van der Waals surface area contributed by atoms with Gasteiger partial charge in [-0.2, -0.15) is 0 Å². The highest BCUT2D eigenvalue weighted by atomic mass is 35.5. The maximum atomic E-state index is 6.29. The molecule has 2 nitrogen and oxygen atoms in total. The normalized spacial score (nSPS) is 11.6. The van der Waals surface area contributed by atoms with Crippen LogP contribution < -0.4 is 5.73 Å². The van der Waals surface area contributed by atoms with E-state index in [1.165, 1.54) is 16.6 Å². The van der Waals surface area contributed by atoms with Gasteiger partial charge in [0.2, 0.25) is 0 Å². The fourth-order valence-corrected chi connectivity index (χ4v) is 2.62. The first-order chi connectivity index (χ1) is 7.57. The van der Waals surface area contributed by atoms with E-state index in [2.05, 4.69) is 31.4 Å². The molecule has 0 aliphatic rings. The highest BCUT2D eigenvalue weighted by molar-refractivity contribution is 6.35. The second-order valence-corrected chi connectivity index (χ2v) is 4.78. The predicted octanol–water partition coefficient (Wildman–Crippen LogP) is 3.64. The molecule has 86 valence electrons. The summed E-state index contributed by atoms with van der Waals surface area (Å²) in [6.07, 6.45) is 0. The molecule has 0 saturated carbocycles. The van der Waals surface area contributed by atoms with Crippen molar-refractivity contribution in [3.05, 3.63) is 34.5 Å². The molecule has 0 unspecified atom stereocenters. The molecule has 0 spiro atoms. The number of fused-ring (bicyclic) bond motifs is 1. The van der Waals surface area contributed by atoms with E-state index in [-0.39, 0.29) is 0 Å². The quantitative estimate of drug-likeness (QED) is 0.848. The molecule has 3 heteroatoms. The van der Waals surface area contributed by atoms with Gasteiger partial charge in [-0.1, -0.05) is 23.7 Å². The maximum Gasteiger partial charge on any atom is 0.0677 e. The van der Waals surface area contributed by atoms with E-state index in [0.717, 1.165) is 10.5 Å². The van der Waals surface area contributed by atoms with Crippen molar-refractivity contribution >= 4 is 22.5 Å². The highest BCUT2D eigenvalue weighted by Gasteiger charge is 2.16. The summed E-state index contributed by atoms with van der Waals surface area (Å²) >= 11 is 6.29. The minimum atomic E-state index is 0.370. The molecule has 0 bridgehead atoms. The van der Waals surface area contributed by atoms with Gasteiger partial charge in [-0.15, -0.1) is 0 Å². The first kappa shape index (κ1) is 11.5. The van der Waals surface area contributed by atoms with Crippen LogP contribution in [0.4, 0.5) is 0 Å². The first-order valence-electron chi connectivity index (χ1n) is 5.55. The van der Waals surface area contributed by atoms with Crippen LogP contribution in [0.15, 0.2) is 18.2 Å². The summed E-state index contributed by atoms with van der Waals surface area (Å²) in [6.45, 7) is 6.97. The van der Waals surface area contributed by atoms with Crippen LogP contribution in [0.2, 0.25) is 5.02 Å². The zero-order valence-corrected chi connectivity index (χ0v) is 10.7. The van der Waals surface area contributed by atoms with E-state index in [0.29, 0.717) is 12.6 Å². The third-order valence-electron chi connectivity index (χ3n) is 3.07. The molecule has 0 amide bonds. The van der Waals surface area contributed by atoms with Gasteiger partial charge in [0.25, 0.3) is 0 Å². The fourth-order valence-electron chi connectivity index (χ4n) is 2.36. The SMILES string of the molecule is Cc1c(CN)n(C(C)C)c2c(Cl)cccc12. The second kappa shape index (κ2) is 4.11. The van der Waals surface area contributed by atoms with Crippen LogP contribution >= 0.6 is 11.6 Å². The monoisotopic (exact) mass is 236 g/mol. The Bertz CT molecular complexity index is 526. The molecule has 0 radical (unpaired) electrons. The Balaban J connectivity index is 2.93. The number of hydrogen-bond donors (Lipinski definition) is 1. The van der Waals surface area contributed by atoms with Gasteiger partial charge < -0.3 is 10.3 Å². The van der Waals surface area contributed by atoms with Crippen LogP contribution in [0.25, 0.3) is 10.9 Å². The summed E-state index contributed by atoms with van der Waals surface area (Å²) in [7, 11) is 0. The molecule has 2 aromatic rings. The number of para-hydroxylation sites is 1. The van der Waals surface area contributed by atoms with Gasteiger partial charge in [0.1, 0.15) is 0 Å². The summed E-state index contributed by atoms with van der Waals surface area (Å²) in [4.78, 5) is 0. The van der Waals surface area contributed by atoms with Gasteiger partial charge >= 0.3 is 0 Å². The Morgan fingerprint density at radius 1 is 1.38 bits per heavy atom. The van der Waals surface area contributed by atoms with Crippen molar-refractivity contribution in [2.75, 3.05) is 0 Å². The minimum absolute atomic E-state index is 0.370. The highest BCUT2D eigenvalue weighted by Crippen LogP contribution is 2.33. The number of aromatic nitrogens is 1. The molecule has 1 aromatic heterocycles. The van der Waals surface area contributed by atoms with Crippen LogP contribution in [0.1, 0.15) is 31.1 Å². The van der Waals surface area contributed by atoms with Crippen molar-refractivity contribution < 1.29 is 0 Å². The average Bonchev–Trinajstić information content (AvgIpc) is 2.53. The van der Waals surface area contributed by atoms with E-state index in [4.69, 9.17) is 17.3 Å². The van der Waals surface area contributed by atoms with Gasteiger partial charge in [0, 0.05) is 23.7 Å². The van der Waals surface area contributed by atoms with Gasteiger partial charge in [-0.25, -0.2) is 0 Å². The number of benzene rings is 1. The molecular weight excluding hydrogens is 220 g/mol. The summed E-state index contributed by atoms with van der Waals surface area (Å²) in [6, 6.07) is 6.40. The van der Waals surface area contributed by atoms with Crippen LogP contribution in [0.3, 0.4) is 0 Å². The summed E-state index contributed by atoms with van der Waals surface area (Å²) in [5, 5.41) is 2.01. The molecule has 0 fully saturated rings. The van der Waals surface area contributed by atoms with E-state index in [1.807, 2.05) is 12.1 Å². The van der Waals surface area contributed by atoms with Crippen LogP contribution in [0.5, 0.6) is 0 Å². The first-order valence-corrected chi connectivity index (χ1v) is 5.93. The Kier molecular flexibility index (Phi) is 2.96. The van der Waals surface area contributed by atoms with Crippen molar-refractivity contribution in [3.8, 4) is 0 Å². The third-order valence-corrected chi connectivity index (χ3v) is 3.37. The Morgan fingerprint density at radius 2 is 2.06 bits per heavy atom. The molecule has 1 heterocycles. The summed E-state index contributed by atoms with van der Waals surface area (Å²) in [5.41, 5.74) is 9.37. The molecule has 0 atom stereocenters. The van der Waals surface area contributed by atoms with Crippen molar-refractivity contribution in [3.63, 3.8) is 0 Å². The van der Waals surface area contributed by atoms with Crippen molar-refractivity contribution in [2.45, 2.75) is 33.4 Å². The number of nitrogens with two attached hydrogens (primary N) is 1. The summed E-state index contributed by atoms with van der Waals surface area (Å²) in [5.74, 6) is 0. The van der Waals surface area contributed by atoms with Gasteiger partial charge in [0.15, 0.2) is 0 Å². The van der Waals surface area contributed by atoms with Crippen LogP contribution in [-0.4, -0.2) is 4.57 Å². The number of halogens is 1. The van der Waals surface area contributed by atoms with E-state index < -0.39 is 0 Å². The zero-order valence-electron chi connectivity index (χ0n) is 9.92. The number of hydrogen-bond acceptors (Lipinski definition) is 1. The van der Waals surface area contributed by atoms with Crippen LogP contribution in [-0.2, 0) is 6.54 Å². The largest absolute Gasteiger partial charge is 0.339 e. The lowest BCUT2D eigenvalue weighted by molar-refractivity contribution is 0.593. The molecule has 0 aliphatic heterocycles. The Hall–Kier alpha value is -0.990. The van der Waals surface area contributed by atoms with Crippen molar-refractivity contribution in [1.29, 1.82) is 0 Å². The number of rotatable bonds is 2. The molecular formula is C13H17ClN2. The van der Waals surface area contributed by atoms with Gasteiger partial charge in [-0.05, 0) is 32.4 Å². The molecule has 0 aliphatic carbocycles. The fraction of sp³-hybridized carbons (Fsp3) is 0.385. The Labute approximate surface area is 101 Å². The topological polar surface area (TPSA) is 30.9 Å². The van der Waals surface area contributed by atoms with Crippen molar-refractivity contribution in [2.24, 2.45) is 5.73 Å². The molecule has 0 saturated heterocycles. The van der Waals surface area contributed by atoms with Crippen molar-refractivity contribution in [1.82, 2.24) is 4.57 Å². The smallest absolute Gasteiger partial charge is 0.0677 e. The maximum absolute atomic E-state index is 6.29. The average molecular weight is 237 g/mol. The van der Waals surface area contributed by atoms with E-state index >= 15 is 0 Å². The lowest BCUT2D eigenvalue weighted by atomic mass is 10.1. The molecule has 16 heavy (non-hydrogen) atoms. The molecule has 2 rings (SSSR count). The summed E-state index contributed by atoms with van der Waals surface area (Å²) < 4.78 is 2.24. The number of nitrogens with zero attached hydrogens (tertiary/aromatic N) is 1. The standard InChI is InChI=1S/C13H17ClN2/c1-8(2)16-12(7-15)9(3)10-5-4-6-11(14)13(10)16/h4-6,8H,7,15H2,1-3H3. The molecule has 1 aromatic carbocycles. The van der Waals surface area contributed by atoms with E-state index in [9.17, 15) is 0 Å². The van der Waals surface area contributed by atoms with Gasteiger partial charge in [0.05, 0.1) is 10.5 Å². The molecule has 2 N–H and O–H groups in total. The third kappa shape index (κ3) is 1.53. The minimum Gasteiger partial charge on any atom is -0.339 e. The van der Waals surface area contributed by atoms with Crippen LogP contribution in [0, 0.1) is 6.92 Å². The predicted molar refractivity (Wildman–Crippen MR) is 70.0 cm³/mol. The van der Waals surface area contributed by atoms with Gasteiger partial charge in [-0.3, -0.25) is 0 Å². The second-order valence-electron chi connectivity index (χ2n) is 4.38. The lowest BCUT2D eigenvalue weighted by Gasteiger charge is -2.14. The van der Waals surface area contributed by atoms with E-state index in [1.54, 1.807) is 0 Å². The number of aryl methyl sites for hydroxylation is 1. The Morgan fingerprint density at radius 3 is 2.62 bits per heavy atom.